The van der Waals surface area contributed by atoms with Gasteiger partial charge < -0.3 is 25.8 Å². The van der Waals surface area contributed by atoms with E-state index < -0.39 is 24.3 Å². The smallest absolute Gasteiger partial charge is 0.429 e. The van der Waals surface area contributed by atoms with Crippen molar-refractivity contribution in [3.05, 3.63) is 60.3 Å². The van der Waals surface area contributed by atoms with Gasteiger partial charge in [-0.3, -0.25) is 4.79 Å². The third-order valence-electron chi connectivity index (χ3n) is 8.68. The Morgan fingerprint density at radius 1 is 1.16 bits per heavy atom. The van der Waals surface area contributed by atoms with Gasteiger partial charge in [-0.2, -0.15) is 27.5 Å². The number of nitrogens with one attached hydrogen (secondary N) is 1. The van der Waals surface area contributed by atoms with Crippen LogP contribution in [0.15, 0.2) is 54.7 Å². The van der Waals surface area contributed by atoms with Gasteiger partial charge in [0.05, 0.1) is 4.70 Å². The van der Waals surface area contributed by atoms with Gasteiger partial charge >= 0.3 is 12.1 Å². The van der Waals surface area contributed by atoms with E-state index in [1.807, 2.05) is 30.0 Å². The summed E-state index contributed by atoms with van der Waals surface area (Å²) in [6.07, 6.45) is -2.43. The van der Waals surface area contributed by atoms with E-state index in [1.165, 1.54) is 29.7 Å². The molecule has 2 aromatic carbocycles. The molecular weight excluding hydrogens is 581 g/mol. The SMILES string of the molecule is CCC1NC(C(=O)O)CC12CCN(c1cc(O[C@H](c3ccc(-c4ccc5sncc5c4)cc3)C(F)(F)F)nc(N)n1)CC2. The monoisotopic (exact) mass is 612 g/mol. The number of nitrogen functional groups attached to an aromatic ring is 1. The topological polar surface area (TPSA) is 126 Å². The van der Waals surface area contributed by atoms with Crippen molar-refractivity contribution in [2.24, 2.45) is 5.41 Å². The Morgan fingerprint density at radius 2 is 1.88 bits per heavy atom. The van der Waals surface area contributed by atoms with E-state index in [0.717, 1.165) is 40.5 Å². The van der Waals surface area contributed by atoms with Crippen LogP contribution in [0.1, 0.15) is 44.3 Å². The lowest BCUT2D eigenvalue weighted by Crippen LogP contribution is -2.46. The number of benzene rings is 2. The molecule has 0 aliphatic carbocycles. The molecule has 0 bridgehead atoms. The molecule has 2 fully saturated rings. The van der Waals surface area contributed by atoms with E-state index in [-0.39, 0.29) is 28.8 Å². The second-order valence-corrected chi connectivity index (χ2v) is 12.1. The Bertz CT molecular complexity index is 1620. The minimum atomic E-state index is -4.72. The van der Waals surface area contributed by atoms with Crippen LogP contribution in [0.4, 0.5) is 24.9 Å². The van der Waals surface area contributed by atoms with Crippen LogP contribution >= 0.6 is 11.5 Å². The first-order valence-electron chi connectivity index (χ1n) is 14.1. The fourth-order valence-corrected chi connectivity index (χ4v) is 7.10. The number of nitrogens with zero attached hydrogens (tertiary/aromatic N) is 4. The van der Waals surface area contributed by atoms with Gasteiger partial charge in [0, 0.05) is 42.3 Å². The first-order valence-corrected chi connectivity index (χ1v) is 14.9. The summed E-state index contributed by atoms with van der Waals surface area (Å²) in [6, 6.07) is 12.8. The van der Waals surface area contributed by atoms with Crippen molar-refractivity contribution in [1.29, 1.82) is 0 Å². The van der Waals surface area contributed by atoms with Crippen molar-refractivity contribution in [2.45, 2.75) is 57.0 Å². The first-order chi connectivity index (χ1) is 20.5. The van der Waals surface area contributed by atoms with E-state index in [1.54, 1.807) is 18.3 Å². The van der Waals surface area contributed by atoms with Crippen LogP contribution in [0.25, 0.3) is 21.2 Å². The maximum Gasteiger partial charge on any atom is 0.429 e. The van der Waals surface area contributed by atoms with E-state index in [9.17, 15) is 23.1 Å². The molecular formula is C30H31F3N6O3S. The normalized spacial score (nSPS) is 20.9. The highest BCUT2D eigenvalue weighted by Crippen LogP contribution is 2.46. The largest absolute Gasteiger partial charge is 0.480 e. The number of hydrogen-bond acceptors (Lipinski definition) is 9. The Kier molecular flexibility index (Phi) is 7.63. The molecule has 6 rings (SSSR count). The number of ether oxygens (including phenoxy) is 1. The number of alkyl halides is 3. The molecule has 2 aromatic heterocycles. The van der Waals surface area contributed by atoms with Gasteiger partial charge in [0.25, 0.3) is 0 Å². The van der Waals surface area contributed by atoms with Crippen molar-refractivity contribution >= 4 is 39.4 Å². The summed E-state index contributed by atoms with van der Waals surface area (Å²) in [5.41, 5.74) is 7.34. The highest BCUT2D eigenvalue weighted by atomic mass is 32.1. The maximum atomic E-state index is 14.3. The molecule has 2 aliphatic rings. The first kappa shape index (κ1) is 29.1. The Balaban J connectivity index is 1.19. The third-order valence-corrected chi connectivity index (χ3v) is 9.46. The lowest BCUT2D eigenvalue weighted by molar-refractivity contribution is -0.198. The minimum Gasteiger partial charge on any atom is -0.480 e. The zero-order valence-electron chi connectivity index (χ0n) is 23.3. The molecule has 0 radical (unpaired) electrons. The number of hydrogen-bond donors (Lipinski definition) is 3. The number of anilines is 2. The molecule has 2 saturated heterocycles. The van der Waals surface area contributed by atoms with E-state index in [4.69, 9.17) is 10.5 Å². The molecule has 9 nitrogen and oxygen atoms in total. The summed E-state index contributed by atoms with van der Waals surface area (Å²) in [4.78, 5) is 21.8. The fraction of sp³-hybridized carbons (Fsp3) is 0.400. The molecule has 4 aromatic rings. The lowest BCUT2D eigenvalue weighted by atomic mass is 9.71. The second-order valence-electron chi connectivity index (χ2n) is 11.2. The van der Waals surface area contributed by atoms with Crippen LogP contribution in [0.5, 0.6) is 5.88 Å². The minimum absolute atomic E-state index is 0.0690. The standard InChI is InChI=1S/C30H31F3N6O3S/c1-2-23-29(15-21(36-23)27(40)41)9-11-39(12-10-29)24-14-25(38-28(34)37-24)42-26(30(31,32)33)18-5-3-17(4-6-18)19-7-8-22-20(13-19)16-35-43-22/h3-8,13-14,16,21,23,26,36H,2,9-12,15H2,1H3,(H,40,41)(H2,34,37,38)/t21?,23?,26-/m1/s1. The van der Waals surface area contributed by atoms with Gasteiger partial charge in [-0.15, -0.1) is 0 Å². The molecule has 13 heteroatoms. The van der Waals surface area contributed by atoms with Crippen molar-refractivity contribution in [1.82, 2.24) is 19.7 Å². The Labute approximate surface area is 250 Å². The number of carbonyl (C=O) groups is 1. The van der Waals surface area contributed by atoms with Gasteiger partial charge in [0.2, 0.25) is 17.9 Å². The number of nitrogens with two attached hydrogens (primary N) is 1. The number of fused-ring (bicyclic) bond motifs is 1. The highest BCUT2D eigenvalue weighted by molar-refractivity contribution is 7.13. The van der Waals surface area contributed by atoms with E-state index in [2.05, 4.69) is 19.7 Å². The molecule has 3 atom stereocenters. The summed E-state index contributed by atoms with van der Waals surface area (Å²) in [5.74, 6) is -0.943. The Morgan fingerprint density at radius 3 is 2.56 bits per heavy atom. The molecule has 2 aliphatic heterocycles. The number of carboxylic acid groups (broad SMARTS) is 1. The zero-order chi connectivity index (χ0) is 30.4. The predicted octanol–water partition coefficient (Wildman–Crippen LogP) is 5.83. The molecule has 4 N–H and O–H groups in total. The summed E-state index contributed by atoms with van der Waals surface area (Å²) >= 11 is 1.38. The lowest BCUT2D eigenvalue weighted by Gasteiger charge is -2.43. The van der Waals surface area contributed by atoms with Crippen LogP contribution in [-0.2, 0) is 4.79 Å². The molecule has 226 valence electrons. The summed E-state index contributed by atoms with van der Waals surface area (Å²) in [6.45, 7) is 3.15. The maximum absolute atomic E-state index is 14.3. The van der Waals surface area contributed by atoms with Crippen molar-refractivity contribution in [2.75, 3.05) is 23.7 Å². The van der Waals surface area contributed by atoms with E-state index in [0.29, 0.717) is 25.3 Å². The summed E-state index contributed by atoms with van der Waals surface area (Å²) in [5, 5.41) is 13.8. The van der Waals surface area contributed by atoms with Gasteiger partial charge in [-0.05, 0) is 65.9 Å². The van der Waals surface area contributed by atoms with Crippen molar-refractivity contribution in [3.8, 4) is 17.0 Å². The Hall–Kier alpha value is -3.97. The third kappa shape index (κ3) is 5.83. The van der Waals surface area contributed by atoms with Gasteiger partial charge in [-0.25, -0.2) is 0 Å². The molecule has 4 heterocycles. The molecule has 43 heavy (non-hydrogen) atoms. The van der Waals surface area contributed by atoms with Gasteiger partial charge in [0.15, 0.2) is 0 Å². The number of aliphatic carboxylic acids is 1. The van der Waals surface area contributed by atoms with Crippen LogP contribution in [0.3, 0.4) is 0 Å². The van der Waals surface area contributed by atoms with Crippen molar-refractivity contribution < 1.29 is 27.8 Å². The summed E-state index contributed by atoms with van der Waals surface area (Å²) < 4.78 is 53.5. The average molecular weight is 613 g/mol. The molecule has 2 unspecified atom stereocenters. The van der Waals surface area contributed by atoms with Gasteiger partial charge in [0.1, 0.15) is 11.9 Å². The van der Waals surface area contributed by atoms with Crippen LogP contribution < -0.4 is 20.7 Å². The number of piperidine rings is 1. The van der Waals surface area contributed by atoms with Gasteiger partial charge in [-0.1, -0.05) is 37.3 Å². The fourth-order valence-electron chi connectivity index (χ4n) is 6.47. The molecule has 0 amide bonds. The van der Waals surface area contributed by atoms with Crippen LogP contribution in [0, 0.1) is 5.41 Å². The highest BCUT2D eigenvalue weighted by Gasteiger charge is 2.50. The van der Waals surface area contributed by atoms with Crippen LogP contribution in [-0.4, -0.2) is 56.8 Å². The van der Waals surface area contributed by atoms with Crippen molar-refractivity contribution in [3.63, 3.8) is 0 Å². The number of halogens is 3. The quantitative estimate of drug-likeness (QED) is 0.236. The molecule has 1 spiro atoms. The second kappa shape index (κ2) is 11.3. The van der Waals surface area contributed by atoms with Crippen LogP contribution in [0.2, 0.25) is 0 Å². The molecule has 0 saturated carbocycles. The average Bonchev–Trinajstić information content (AvgIpc) is 3.60. The summed E-state index contributed by atoms with van der Waals surface area (Å²) in [7, 11) is 0. The zero-order valence-corrected chi connectivity index (χ0v) is 24.2. The number of rotatable bonds is 7. The number of carboxylic acids is 1. The number of aromatic nitrogens is 3. The predicted molar refractivity (Wildman–Crippen MR) is 158 cm³/mol. The van der Waals surface area contributed by atoms with E-state index >= 15 is 0 Å².